The quantitative estimate of drug-likeness (QED) is 0.327. The Bertz CT molecular complexity index is 1340. The van der Waals surface area contributed by atoms with Crippen LogP contribution < -0.4 is 25.1 Å². The second-order valence-electron chi connectivity index (χ2n) is 7.41. The van der Waals surface area contributed by atoms with E-state index in [2.05, 4.69) is 0 Å². The van der Waals surface area contributed by atoms with E-state index in [0.717, 1.165) is 16.5 Å². The Labute approximate surface area is 189 Å². The zero-order chi connectivity index (χ0) is 23.5. The molecule has 0 saturated heterocycles. The number of hydrogen-bond donors (Lipinski definition) is 2. The fraction of sp³-hybridized carbons (Fsp3) is 0.160. The van der Waals surface area contributed by atoms with Crippen molar-refractivity contribution in [3.05, 3.63) is 87.4 Å². The normalized spacial score (nSPS) is 11.9. The van der Waals surface area contributed by atoms with Gasteiger partial charge in [-0.25, -0.2) is 10.0 Å². The third-order valence-electron chi connectivity index (χ3n) is 5.42. The van der Waals surface area contributed by atoms with E-state index in [9.17, 15) is 10.0 Å². The van der Waals surface area contributed by atoms with Gasteiger partial charge in [0.1, 0.15) is 17.9 Å². The Hall–Kier alpha value is -3.85. The molecular formula is C25H23NO7. The second-order valence-corrected chi connectivity index (χ2v) is 7.41. The zero-order valence-electron chi connectivity index (χ0n) is 18.4. The summed E-state index contributed by atoms with van der Waals surface area (Å²) in [5, 5.41) is 19.8. The van der Waals surface area contributed by atoms with Crippen molar-refractivity contribution in [2.24, 2.45) is 0 Å². The van der Waals surface area contributed by atoms with Crippen LogP contribution in [0.15, 0.2) is 69.9 Å². The fourth-order valence-corrected chi connectivity index (χ4v) is 3.66. The molecule has 3 aromatic carbocycles. The molecule has 0 aliphatic rings. The van der Waals surface area contributed by atoms with Gasteiger partial charge in [-0.1, -0.05) is 6.07 Å². The molecule has 0 spiro atoms. The van der Waals surface area contributed by atoms with Crippen molar-refractivity contribution in [3.8, 4) is 28.4 Å². The summed E-state index contributed by atoms with van der Waals surface area (Å²) in [5.41, 5.74) is 2.92. The van der Waals surface area contributed by atoms with Crippen molar-refractivity contribution in [2.45, 2.75) is 13.5 Å². The van der Waals surface area contributed by atoms with Gasteiger partial charge in [-0.3, -0.25) is 0 Å². The number of ether oxygens (including phenoxy) is 3. The van der Waals surface area contributed by atoms with Gasteiger partial charge in [0.2, 0.25) is 0 Å². The van der Waals surface area contributed by atoms with Crippen molar-refractivity contribution in [3.63, 3.8) is 0 Å². The Balaban J connectivity index is 1.67. The number of aryl methyl sites for hydroxylation is 1. The molecule has 0 amide bonds. The van der Waals surface area contributed by atoms with E-state index in [0.29, 0.717) is 34.0 Å². The highest BCUT2D eigenvalue weighted by molar-refractivity contribution is 5.88. The highest BCUT2D eigenvalue weighted by Crippen LogP contribution is 2.34. The number of methoxy groups -OCH3 is 2. The van der Waals surface area contributed by atoms with E-state index in [1.54, 1.807) is 49.6 Å². The van der Waals surface area contributed by atoms with E-state index in [-0.39, 0.29) is 12.3 Å². The molecule has 4 rings (SSSR count). The zero-order valence-corrected chi connectivity index (χ0v) is 18.4. The van der Waals surface area contributed by atoms with Crippen LogP contribution in [0.5, 0.6) is 17.2 Å². The van der Waals surface area contributed by atoms with E-state index < -0.39 is 10.9 Å². The highest BCUT2D eigenvalue weighted by atomic mass is 16.8. The average molecular weight is 449 g/mol. The fourth-order valence-electron chi connectivity index (χ4n) is 3.66. The smallest absolute Gasteiger partial charge is 0.344 e. The predicted octanol–water partition coefficient (Wildman–Crippen LogP) is 3.77. The van der Waals surface area contributed by atoms with Gasteiger partial charge < -0.3 is 23.8 Å². The lowest BCUT2D eigenvalue weighted by atomic mass is 9.99. The molecule has 0 fully saturated rings. The number of fused-ring (bicyclic) bond motifs is 1. The van der Waals surface area contributed by atoms with Gasteiger partial charge in [-0.15, -0.1) is 0 Å². The lowest BCUT2D eigenvalue weighted by Gasteiger charge is -2.13. The molecule has 2 N–H and O–H groups in total. The molecule has 1 atom stereocenters. The molecule has 170 valence electrons. The Morgan fingerprint density at radius 2 is 1.70 bits per heavy atom. The Morgan fingerprint density at radius 3 is 2.36 bits per heavy atom. The van der Waals surface area contributed by atoms with E-state index >= 15 is 0 Å². The Morgan fingerprint density at radius 1 is 0.970 bits per heavy atom. The molecule has 8 nitrogen and oxygen atoms in total. The van der Waals surface area contributed by atoms with Crippen molar-refractivity contribution < 1.29 is 29.1 Å². The maximum absolute atomic E-state index is 12.8. The molecule has 0 aliphatic heterocycles. The molecule has 8 heteroatoms. The van der Waals surface area contributed by atoms with E-state index in [1.807, 2.05) is 13.0 Å². The van der Waals surface area contributed by atoms with Crippen LogP contribution in [0.4, 0.5) is 5.69 Å². The van der Waals surface area contributed by atoms with Crippen LogP contribution in [-0.4, -0.2) is 19.4 Å². The van der Waals surface area contributed by atoms with E-state index in [4.69, 9.17) is 23.8 Å². The summed E-state index contributed by atoms with van der Waals surface area (Å²) in [6, 6.07) is 17.0. The first kappa shape index (κ1) is 22.3. The summed E-state index contributed by atoms with van der Waals surface area (Å²) < 4.78 is 22.1. The van der Waals surface area contributed by atoms with Crippen LogP contribution in [0.2, 0.25) is 0 Å². The standard InChI is InChI=1S/C25H23NO7/c1-15-20-13-19(32-14-16-4-7-18(8-5-16)26(28)29)9-11-21(20)33-25(27)24(15)17-6-10-22(30-2)23(12-17)31-3/h4-13,26,28H,14H2,1-3H3. The van der Waals surface area contributed by atoms with Gasteiger partial charge in [0, 0.05) is 17.5 Å². The molecule has 4 aromatic rings. The molecule has 1 aromatic heterocycles. The maximum Gasteiger partial charge on any atom is 0.344 e. The third kappa shape index (κ3) is 4.54. The predicted molar refractivity (Wildman–Crippen MR) is 122 cm³/mol. The summed E-state index contributed by atoms with van der Waals surface area (Å²) in [6.07, 6.45) is 0. The van der Waals surface area contributed by atoms with E-state index in [1.165, 1.54) is 19.2 Å². The number of nitrogens with one attached hydrogen (secondary N) is 1. The van der Waals surface area contributed by atoms with Crippen LogP contribution in [0.25, 0.3) is 22.1 Å². The molecule has 1 unspecified atom stereocenters. The van der Waals surface area contributed by atoms with Crippen molar-refractivity contribution in [2.75, 3.05) is 14.2 Å². The van der Waals surface area contributed by atoms with Crippen LogP contribution in [-0.2, 0) is 6.61 Å². The minimum atomic E-state index is -0.973. The topological polar surface area (TPSA) is 106 Å². The molecule has 1 heterocycles. The first-order chi connectivity index (χ1) is 15.9. The lowest BCUT2D eigenvalue weighted by molar-refractivity contribution is -0.991. The molecule has 0 radical (unpaired) electrons. The summed E-state index contributed by atoms with van der Waals surface area (Å²) >= 11 is 0. The maximum atomic E-state index is 12.8. The molecular weight excluding hydrogens is 426 g/mol. The Kier molecular flexibility index (Phi) is 6.32. The molecule has 0 aliphatic carbocycles. The van der Waals surface area contributed by atoms with Gasteiger partial charge in [0.05, 0.1) is 19.8 Å². The van der Waals surface area contributed by atoms with Crippen molar-refractivity contribution >= 4 is 16.7 Å². The highest BCUT2D eigenvalue weighted by Gasteiger charge is 2.16. The number of quaternary nitrogens is 1. The minimum absolute atomic E-state index is 0.220. The van der Waals surface area contributed by atoms with Gasteiger partial charge in [0.25, 0.3) is 0 Å². The van der Waals surface area contributed by atoms with Gasteiger partial charge >= 0.3 is 5.63 Å². The number of hydrogen-bond acceptors (Lipinski definition) is 7. The largest absolute Gasteiger partial charge is 0.595 e. The third-order valence-corrected chi connectivity index (χ3v) is 5.42. The van der Waals surface area contributed by atoms with Crippen molar-refractivity contribution in [1.29, 1.82) is 0 Å². The van der Waals surface area contributed by atoms with Crippen molar-refractivity contribution in [1.82, 2.24) is 0 Å². The van der Waals surface area contributed by atoms with Crippen LogP contribution in [0.1, 0.15) is 11.1 Å². The molecule has 0 saturated carbocycles. The van der Waals surface area contributed by atoms with Gasteiger partial charge in [-0.2, -0.15) is 5.23 Å². The molecule has 33 heavy (non-hydrogen) atoms. The summed E-state index contributed by atoms with van der Waals surface area (Å²) in [6.45, 7) is 2.13. The first-order valence-corrected chi connectivity index (χ1v) is 10.2. The lowest BCUT2D eigenvalue weighted by Crippen LogP contribution is -2.99. The van der Waals surface area contributed by atoms with Gasteiger partial charge in [-0.05, 0) is 66.1 Å². The molecule has 0 bridgehead atoms. The monoisotopic (exact) mass is 449 g/mol. The number of benzene rings is 3. The SMILES string of the molecule is COc1ccc(-c2c(C)c3cc(OCc4ccc([NH+]([O-])O)cc4)ccc3oc2=O)cc1OC. The number of rotatable bonds is 7. The summed E-state index contributed by atoms with van der Waals surface area (Å²) in [7, 11) is 3.09. The second kappa shape index (κ2) is 9.33. The average Bonchev–Trinajstić information content (AvgIpc) is 2.83. The summed E-state index contributed by atoms with van der Waals surface area (Å²) in [5.74, 6) is 1.68. The van der Waals surface area contributed by atoms with Crippen LogP contribution in [0.3, 0.4) is 0 Å². The van der Waals surface area contributed by atoms with Crippen LogP contribution >= 0.6 is 0 Å². The summed E-state index contributed by atoms with van der Waals surface area (Å²) in [4.78, 5) is 12.8. The van der Waals surface area contributed by atoms with Crippen LogP contribution in [0, 0.1) is 12.1 Å². The van der Waals surface area contributed by atoms with Gasteiger partial charge in [0.15, 0.2) is 17.2 Å². The first-order valence-electron chi connectivity index (χ1n) is 10.2. The minimum Gasteiger partial charge on any atom is -0.595 e.